The summed E-state index contributed by atoms with van der Waals surface area (Å²) < 4.78 is 5.24. The first-order chi connectivity index (χ1) is 8.61. The van der Waals surface area contributed by atoms with Crippen LogP contribution in [0.2, 0.25) is 0 Å². The van der Waals surface area contributed by atoms with Gasteiger partial charge in [-0.3, -0.25) is 0 Å². The van der Waals surface area contributed by atoms with E-state index in [9.17, 15) is 0 Å². The Morgan fingerprint density at radius 1 is 1.06 bits per heavy atom. The lowest BCUT2D eigenvalue weighted by Gasteiger charge is -2.11. The lowest BCUT2D eigenvalue weighted by Crippen LogP contribution is -1.94. The molecule has 0 bridgehead atoms. The largest absolute Gasteiger partial charge is 0.495 e. The summed E-state index contributed by atoms with van der Waals surface area (Å²) in [5, 5.41) is 0. The van der Waals surface area contributed by atoms with Crippen LogP contribution >= 0.6 is 11.8 Å². The molecule has 0 fully saturated rings. The van der Waals surface area contributed by atoms with E-state index in [1.807, 2.05) is 18.2 Å². The minimum atomic E-state index is 0.700. The number of para-hydroxylation sites is 1. The Morgan fingerprint density at radius 3 is 2.56 bits per heavy atom. The first kappa shape index (κ1) is 12.8. The zero-order chi connectivity index (χ0) is 13.1. The minimum absolute atomic E-state index is 0.700. The Kier molecular flexibility index (Phi) is 3.82. The van der Waals surface area contributed by atoms with Crippen molar-refractivity contribution in [3.05, 3.63) is 47.5 Å². The predicted octanol–water partition coefficient (Wildman–Crippen LogP) is 4.05. The maximum Gasteiger partial charge on any atom is 0.142 e. The monoisotopic (exact) mass is 259 g/mol. The van der Waals surface area contributed by atoms with Crippen molar-refractivity contribution in [3.63, 3.8) is 0 Å². The van der Waals surface area contributed by atoms with E-state index in [1.165, 1.54) is 16.0 Å². The fraction of sp³-hybridized carbons (Fsp3) is 0.200. The highest BCUT2D eigenvalue weighted by atomic mass is 32.2. The fourth-order valence-corrected chi connectivity index (χ4v) is 2.79. The van der Waals surface area contributed by atoms with Gasteiger partial charge in [0.2, 0.25) is 0 Å². The summed E-state index contributed by atoms with van der Waals surface area (Å²) in [5.74, 6) is 0.727. The summed E-state index contributed by atoms with van der Waals surface area (Å²) in [5.41, 5.74) is 9.30. The average Bonchev–Trinajstić information content (AvgIpc) is 2.36. The normalized spacial score (nSPS) is 10.4. The van der Waals surface area contributed by atoms with Crippen molar-refractivity contribution in [2.45, 2.75) is 23.6 Å². The second-order valence-corrected chi connectivity index (χ2v) is 5.33. The maximum absolute atomic E-state index is 6.08. The molecule has 2 aromatic rings. The molecule has 0 spiro atoms. The van der Waals surface area contributed by atoms with Crippen molar-refractivity contribution in [2.24, 2.45) is 0 Å². The van der Waals surface area contributed by atoms with Gasteiger partial charge in [0.05, 0.1) is 12.8 Å². The Labute approximate surface area is 112 Å². The maximum atomic E-state index is 6.08. The van der Waals surface area contributed by atoms with E-state index >= 15 is 0 Å². The van der Waals surface area contributed by atoms with Crippen LogP contribution in [0, 0.1) is 13.8 Å². The van der Waals surface area contributed by atoms with Crippen molar-refractivity contribution in [1.82, 2.24) is 0 Å². The van der Waals surface area contributed by atoms with E-state index in [2.05, 4.69) is 32.0 Å². The molecule has 2 aromatic carbocycles. The van der Waals surface area contributed by atoms with Crippen molar-refractivity contribution in [3.8, 4) is 5.75 Å². The molecule has 2 nitrogen and oxygen atoms in total. The van der Waals surface area contributed by atoms with Gasteiger partial charge < -0.3 is 10.5 Å². The number of methoxy groups -OCH3 is 1. The number of hydrogen-bond acceptors (Lipinski definition) is 3. The van der Waals surface area contributed by atoms with Gasteiger partial charge in [-0.15, -0.1) is 0 Å². The van der Waals surface area contributed by atoms with Crippen LogP contribution in [0.1, 0.15) is 11.1 Å². The highest BCUT2D eigenvalue weighted by molar-refractivity contribution is 7.99. The molecular weight excluding hydrogens is 242 g/mol. The van der Waals surface area contributed by atoms with E-state index in [1.54, 1.807) is 18.9 Å². The van der Waals surface area contributed by atoms with Crippen molar-refractivity contribution in [2.75, 3.05) is 12.8 Å². The number of ether oxygens (including phenoxy) is 1. The summed E-state index contributed by atoms with van der Waals surface area (Å²) in [4.78, 5) is 2.26. The molecule has 18 heavy (non-hydrogen) atoms. The fourth-order valence-electron chi connectivity index (χ4n) is 1.73. The quantitative estimate of drug-likeness (QED) is 0.845. The first-order valence-electron chi connectivity index (χ1n) is 5.79. The number of nitrogen functional groups attached to an aromatic ring is 1. The molecule has 0 unspecified atom stereocenters. The lowest BCUT2D eigenvalue weighted by atomic mass is 10.2. The molecular formula is C15H17NOS. The molecule has 0 aliphatic carbocycles. The number of benzene rings is 2. The Balaban J connectivity index is 2.37. The van der Waals surface area contributed by atoms with E-state index in [-0.39, 0.29) is 0 Å². The van der Waals surface area contributed by atoms with Gasteiger partial charge in [-0.1, -0.05) is 30.0 Å². The van der Waals surface area contributed by atoms with Gasteiger partial charge in [-0.2, -0.15) is 0 Å². The number of anilines is 1. The molecule has 0 saturated carbocycles. The van der Waals surface area contributed by atoms with Crippen molar-refractivity contribution >= 4 is 17.4 Å². The van der Waals surface area contributed by atoms with E-state index in [4.69, 9.17) is 10.5 Å². The standard InChI is InChI=1S/C15H17NOS/c1-10-7-8-11(2)14(9-10)18-13-6-4-5-12(17-3)15(13)16/h4-9H,16H2,1-3H3. The summed E-state index contributed by atoms with van der Waals surface area (Å²) >= 11 is 1.68. The number of rotatable bonds is 3. The molecule has 3 heteroatoms. The molecule has 0 amide bonds. The molecule has 0 aliphatic heterocycles. The smallest absolute Gasteiger partial charge is 0.142 e. The third-order valence-electron chi connectivity index (χ3n) is 2.81. The second kappa shape index (κ2) is 5.36. The Morgan fingerprint density at radius 2 is 1.83 bits per heavy atom. The molecule has 0 saturated heterocycles. The van der Waals surface area contributed by atoms with Gasteiger partial charge in [-0.05, 0) is 43.2 Å². The van der Waals surface area contributed by atoms with Gasteiger partial charge in [0.25, 0.3) is 0 Å². The number of hydrogen-bond donors (Lipinski definition) is 1. The van der Waals surface area contributed by atoms with Gasteiger partial charge in [0.15, 0.2) is 0 Å². The Bertz CT molecular complexity index is 566. The summed E-state index contributed by atoms with van der Waals surface area (Å²) in [6, 6.07) is 12.3. The first-order valence-corrected chi connectivity index (χ1v) is 6.61. The van der Waals surface area contributed by atoms with E-state index in [0.717, 1.165) is 10.6 Å². The lowest BCUT2D eigenvalue weighted by molar-refractivity contribution is 0.416. The molecule has 0 heterocycles. The third kappa shape index (κ3) is 2.62. The highest BCUT2D eigenvalue weighted by Gasteiger charge is 2.08. The third-order valence-corrected chi connectivity index (χ3v) is 4.05. The molecule has 2 N–H and O–H groups in total. The van der Waals surface area contributed by atoms with Crippen LogP contribution in [0.3, 0.4) is 0 Å². The summed E-state index contributed by atoms with van der Waals surface area (Å²) in [6.45, 7) is 4.20. The number of nitrogens with two attached hydrogens (primary N) is 1. The molecule has 0 atom stereocenters. The van der Waals surface area contributed by atoms with Crippen LogP contribution in [-0.2, 0) is 0 Å². The van der Waals surface area contributed by atoms with Crippen LogP contribution in [-0.4, -0.2) is 7.11 Å². The minimum Gasteiger partial charge on any atom is -0.495 e. The molecule has 0 radical (unpaired) electrons. The predicted molar refractivity (Wildman–Crippen MR) is 77.4 cm³/mol. The second-order valence-electron chi connectivity index (χ2n) is 4.24. The average molecular weight is 259 g/mol. The zero-order valence-corrected chi connectivity index (χ0v) is 11.7. The van der Waals surface area contributed by atoms with Gasteiger partial charge in [0, 0.05) is 9.79 Å². The van der Waals surface area contributed by atoms with Crippen LogP contribution in [0.15, 0.2) is 46.2 Å². The molecule has 0 aliphatic rings. The van der Waals surface area contributed by atoms with Crippen LogP contribution in [0.4, 0.5) is 5.69 Å². The van der Waals surface area contributed by atoms with E-state index in [0.29, 0.717) is 5.69 Å². The van der Waals surface area contributed by atoms with Gasteiger partial charge in [-0.25, -0.2) is 0 Å². The highest BCUT2D eigenvalue weighted by Crippen LogP contribution is 2.38. The van der Waals surface area contributed by atoms with Crippen LogP contribution < -0.4 is 10.5 Å². The van der Waals surface area contributed by atoms with E-state index < -0.39 is 0 Å². The van der Waals surface area contributed by atoms with Gasteiger partial charge >= 0.3 is 0 Å². The van der Waals surface area contributed by atoms with Crippen molar-refractivity contribution < 1.29 is 4.74 Å². The zero-order valence-electron chi connectivity index (χ0n) is 10.9. The van der Waals surface area contributed by atoms with Crippen LogP contribution in [0.5, 0.6) is 5.75 Å². The molecule has 2 rings (SSSR count). The van der Waals surface area contributed by atoms with Gasteiger partial charge in [0.1, 0.15) is 5.75 Å². The molecule has 0 aromatic heterocycles. The SMILES string of the molecule is COc1cccc(Sc2cc(C)ccc2C)c1N. The molecule has 94 valence electrons. The summed E-state index contributed by atoms with van der Waals surface area (Å²) in [6.07, 6.45) is 0. The summed E-state index contributed by atoms with van der Waals surface area (Å²) in [7, 11) is 1.64. The van der Waals surface area contributed by atoms with Crippen molar-refractivity contribution in [1.29, 1.82) is 0 Å². The Hall–Kier alpha value is -1.61. The van der Waals surface area contributed by atoms with Crippen LogP contribution in [0.25, 0.3) is 0 Å². The number of aryl methyl sites for hydroxylation is 2. The topological polar surface area (TPSA) is 35.2 Å².